The van der Waals surface area contributed by atoms with E-state index in [1.54, 1.807) is 4.90 Å². The second-order valence-corrected chi connectivity index (χ2v) is 15.9. The quantitative estimate of drug-likeness (QED) is 0.0614. The Hall–Kier alpha value is -4.45. The second-order valence-electron chi connectivity index (χ2n) is 14.3. The lowest BCUT2D eigenvalue weighted by Crippen LogP contribution is -2.56. The average molecular weight is 874 g/mol. The number of piperazine rings is 1. The van der Waals surface area contributed by atoms with Crippen molar-refractivity contribution in [1.29, 1.82) is 0 Å². The first-order chi connectivity index (χ1) is 26.8. The lowest BCUT2D eigenvalue weighted by Gasteiger charge is -2.41. The molecule has 1 amide bonds. The predicted octanol–water partition coefficient (Wildman–Crippen LogP) is 6.94. The summed E-state index contributed by atoms with van der Waals surface area (Å²) in [4.78, 5) is 47.6. The van der Waals surface area contributed by atoms with Crippen LogP contribution in [0.5, 0.6) is 6.01 Å². The summed E-state index contributed by atoms with van der Waals surface area (Å²) in [6.07, 6.45) is 5.16. The topological polar surface area (TPSA) is 95.7 Å². The largest absolute Gasteiger partial charge is 0.462 e. The molecule has 0 radical (unpaired) electrons. The first kappa shape index (κ1) is 38.8. The molecule has 11 nitrogen and oxygen atoms in total. The maximum absolute atomic E-state index is 12.7. The van der Waals surface area contributed by atoms with Crippen molar-refractivity contribution in [1.82, 2.24) is 19.8 Å². The highest BCUT2D eigenvalue weighted by molar-refractivity contribution is 14.1. The summed E-state index contributed by atoms with van der Waals surface area (Å²) in [6, 6.07) is 20.4. The van der Waals surface area contributed by atoms with Crippen LogP contribution in [0.1, 0.15) is 42.5 Å². The number of rotatable bonds is 13. The molecular formula is C42H45ClIN7O4. The Morgan fingerprint density at radius 2 is 1.87 bits per heavy atom. The lowest BCUT2D eigenvalue weighted by atomic mass is 10.0. The monoisotopic (exact) mass is 873 g/mol. The Balaban J connectivity index is 1.07. The van der Waals surface area contributed by atoms with Crippen LogP contribution in [0.3, 0.4) is 0 Å². The summed E-state index contributed by atoms with van der Waals surface area (Å²) >= 11 is 9.02. The minimum absolute atomic E-state index is 0.161. The highest BCUT2D eigenvalue weighted by Crippen LogP contribution is 2.37. The molecule has 55 heavy (non-hydrogen) atoms. The smallest absolute Gasteiger partial charge is 0.318 e. The lowest BCUT2D eigenvalue weighted by molar-refractivity contribution is -0.145. The number of fused-ring (bicyclic) bond motifs is 2. The molecular weight excluding hydrogens is 829 g/mol. The molecule has 286 valence electrons. The number of nitrogens with zero attached hydrogens (tertiary/aromatic N) is 7. The van der Waals surface area contributed by atoms with Gasteiger partial charge in [0, 0.05) is 58.8 Å². The maximum atomic E-state index is 12.7. The van der Waals surface area contributed by atoms with E-state index >= 15 is 0 Å². The summed E-state index contributed by atoms with van der Waals surface area (Å²) in [7, 11) is 0. The van der Waals surface area contributed by atoms with Gasteiger partial charge in [-0.3, -0.25) is 14.5 Å². The Labute approximate surface area is 341 Å². The van der Waals surface area contributed by atoms with E-state index in [0.29, 0.717) is 63.1 Å². The summed E-state index contributed by atoms with van der Waals surface area (Å²) in [5.74, 6) is 0.462. The number of ether oxygens (including phenoxy) is 2. The minimum atomic E-state index is -0.281. The van der Waals surface area contributed by atoms with E-state index < -0.39 is 0 Å². The number of carbonyl (C=O) groups excluding carboxylic acids is 2. The molecule has 2 fully saturated rings. The number of hydrogen-bond donors (Lipinski definition) is 0. The third-order valence-corrected chi connectivity index (χ3v) is 11.7. The Kier molecular flexibility index (Phi) is 12.7. The van der Waals surface area contributed by atoms with E-state index in [2.05, 4.69) is 73.0 Å². The third kappa shape index (κ3) is 9.17. The van der Waals surface area contributed by atoms with Crippen molar-refractivity contribution in [2.75, 3.05) is 62.2 Å². The van der Waals surface area contributed by atoms with E-state index in [1.165, 1.54) is 6.08 Å². The van der Waals surface area contributed by atoms with Gasteiger partial charge in [-0.1, -0.05) is 54.6 Å². The van der Waals surface area contributed by atoms with Crippen LogP contribution in [0.25, 0.3) is 15.6 Å². The van der Waals surface area contributed by atoms with Gasteiger partial charge in [-0.25, -0.2) is 6.57 Å². The maximum Gasteiger partial charge on any atom is 0.318 e. The Morgan fingerprint density at radius 1 is 1.04 bits per heavy atom. The van der Waals surface area contributed by atoms with Crippen molar-refractivity contribution in [3.05, 3.63) is 110 Å². The van der Waals surface area contributed by atoms with E-state index in [4.69, 9.17) is 37.6 Å². The van der Waals surface area contributed by atoms with Crippen molar-refractivity contribution in [2.24, 2.45) is 0 Å². The van der Waals surface area contributed by atoms with E-state index in [1.807, 2.05) is 36.4 Å². The van der Waals surface area contributed by atoms with Crippen LogP contribution in [0.4, 0.5) is 11.5 Å². The number of anilines is 2. The minimum Gasteiger partial charge on any atom is -0.462 e. The molecule has 2 saturated heterocycles. The normalized spacial score (nSPS) is 18.5. The average Bonchev–Trinajstić information content (AvgIpc) is 3.65. The van der Waals surface area contributed by atoms with Crippen LogP contribution < -0.4 is 14.5 Å². The number of aromatic nitrogens is 2. The number of amides is 1. The standard InChI is InChI=1S/C42H45ClIN7O4/c1-3-38(52)51-22-21-50(25-33(51)24-45-2)41-34-17-20-49(37-15-6-11-30-10-5-14-35(43)40(30)37)26-36(34)46-42(47-41)55-28-32-13-7-18-48(32)19-8-16-39(53)54-27-29-9-4-12-31(44)23-29/h3-6,9-12,14-15,23,32-33H,1,7-8,13,16-22,24-28H2/t32-,33-/m0/s1. The van der Waals surface area contributed by atoms with Gasteiger partial charge in [0.1, 0.15) is 25.1 Å². The van der Waals surface area contributed by atoms with Crippen LogP contribution in [0, 0.1) is 10.1 Å². The molecule has 3 aliphatic heterocycles. The van der Waals surface area contributed by atoms with Gasteiger partial charge >= 0.3 is 12.0 Å². The molecule has 0 spiro atoms. The zero-order valence-corrected chi connectivity index (χ0v) is 33.8. The van der Waals surface area contributed by atoms with Gasteiger partial charge in [0.15, 0.2) is 0 Å². The first-order valence-corrected chi connectivity index (χ1v) is 20.4. The van der Waals surface area contributed by atoms with Crippen molar-refractivity contribution in [3.8, 4) is 6.01 Å². The highest BCUT2D eigenvalue weighted by Gasteiger charge is 2.35. The van der Waals surface area contributed by atoms with Gasteiger partial charge < -0.3 is 29.0 Å². The van der Waals surface area contributed by atoms with Gasteiger partial charge in [-0.05, 0) is 103 Å². The number of hydrogen-bond acceptors (Lipinski definition) is 9. The van der Waals surface area contributed by atoms with Gasteiger partial charge in [0.25, 0.3) is 0 Å². The number of likely N-dealkylation sites (tertiary alicyclic amines) is 1. The summed E-state index contributed by atoms with van der Waals surface area (Å²) in [5, 5.41) is 2.82. The molecule has 0 saturated carbocycles. The first-order valence-electron chi connectivity index (χ1n) is 18.9. The predicted molar refractivity (Wildman–Crippen MR) is 223 cm³/mol. The summed E-state index contributed by atoms with van der Waals surface area (Å²) in [5.41, 5.74) is 4.01. The molecule has 7 rings (SSSR count). The molecule has 3 aromatic carbocycles. The van der Waals surface area contributed by atoms with Crippen LogP contribution in [0.15, 0.2) is 73.3 Å². The fraction of sp³-hybridized carbons (Fsp3) is 0.405. The van der Waals surface area contributed by atoms with Gasteiger partial charge in [0.2, 0.25) is 12.5 Å². The number of halogens is 2. The van der Waals surface area contributed by atoms with E-state index in [-0.39, 0.29) is 37.1 Å². The zero-order valence-electron chi connectivity index (χ0n) is 30.8. The van der Waals surface area contributed by atoms with Crippen LogP contribution >= 0.6 is 34.2 Å². The molecule has 4 heterocycles. The fourth-order valence-corrected chi connectivity index (χ4v) is 8.90. The Morgan fingerprint density at radius 3 is 2.69 bits per heavy atom. The van der Waals surface area contributed by atoms with Crippen LogP contribution in [-0.2, 0) is 33.9 Å². The van der Waals surface area contributed by atoms with Gasteiger partial charge in [-0.15, -0.1) is 0 Å². The summed E-state index contributed by atoms with van der Waals surface area (Å²) in [6.45, 7) is 16.7. The Bertz CT molecular complexity index is 2090. The van der Waals surface area contributed by atoms with Gasteiger partial charge in [-0.2, -0.15) is 9.97 Å². The molecule has 4 aromatic rings. The SMILES string of the molecule is [C-]#[N+]C[C@H]1CN(c2nc(OC[C@@H]3CCCN3CCCC(=O)OCc3cccc(I)c3)nc3c2CCN(c2cccc4cccc(Cl)c24)C3)CCN1C(=O)C=C. The van der Waals surface area contributed by atoms with Crippen molar-refractivity contribution < 1.29 is 19.1 Å². The van der Waals surface area contributed by atoms with E-state index in [0.717, 1.165) is 75.1 Å². The molecule has 0 unspecified atom stereocenters. The molecule has 0 aliphatic carbocycles. The van der Waals surface area contributed by atoms with Crippen LogP contribution in [-0.4, -0.2) is 96.1 Å². The van der Waals surface area contributed by atoms with Crippen molar-refractivity contribution in [3.63, 3.8) is 0 Å². The molecule has 1 aromatic heterocycles. The van der Waals surface area contributed by atoms with Crippen molar-refractivity contribution >= 4 is 68.3 Å². The molecule has 3 aliphatic rings. The summed E-state index contributed by atoms with van der Waals surface area (Å²) < 4.78 is 13.1. The zero-order chi connectivity index (χ0) is 38.3. The third-order valence-electron chi connectivity index (χ3n) is 10.8. The van der Waals surface area contributed by atoms with Crippen LogP contribution in [0.2, 0.25) is 5.02 Å². The number of benzene rings is 3. The number of esters is 1. The van der Waals surface area contributed by atoms with Gasteiger partial charge in [0.05, 0.1) is 17.3 Å². The number of carbonyl (C=O) groups is 2. The highest BCUT2D eigenvalue weighted by atomic mass is 127. The fourth-order valence-electron chi connectivity index (χ4n) is 8.01. The molecule has 0 N–H and O–H groups in total. The molecule has 13 heteroatoms. The second kappa shape index (κ2) is 18.0. The van der Waals surface area contributed by atoms with Crippen molar-refractivity contribution in [2.45, 2.75) is 57.3 Å². The van der Waals surface area contributed by atoms with E-state index in [9.17, 15) is 9.59 Å². The molecule has 0 bridgehead atoms. The molecule has 2 atom stereocenters.